The minimum absolute atomic E-state index is 0.0250. The number of hydrogen-bond donors (Lipinski definition) is 1. The summed E-state index contributed by atoms with van der Waals surface area (Å²) in [5, 5.41) is 3.18. The Morgan fingerprint density at radius 2 is 1.79 bits per heavy atom. The molecule has 0 aliphatic rings. The van der Waals surface area contributed by atoms with Crippen molar-refractivity contribution in [2.45, 2.75) is 18.7 Å². The molecule has 174 valence electrons. The summed E-state index contributed by atoms with van der Waals surface area (Å²) in [6, 6.07) is 14.0. The molecule has 0 saturated carbocycles. The molecule has 0 unspecified atom stereocenters. The Balaban J connectivity index is 1.81. The molecule has 0 bridgehead atoms. The number of aryl methyl sites for hydroxylation is 1. The highest BCUT2D eigenvalue weighted by molar-refractivity contribution is 7.92. The van der Waals surface area contributed by atoms with Gasteiger partial charge >= 0.3 is 5.97 Å². The largest absolute Gasteiger partial charge is 0.497 e. The molecule has 1 N–H and O–H groups in total. The zero-order valence-corrected chi connectivity index (χ0v) is 20.2. The molecule has 1 amide bonds. The first kappa shape index (κ1) is 24.3. The number of rotatable bonds is 8. The highest BCUT2D eigenvalue weighted by atomic mass is 32.2. The van der Waals surface area contributed by atoms with Gasteiger partial charge in [-0.3, -0.25) is 9.10 Å². The van der Waals surface area contributed by atoms with Gasteiger partial charge in [-0.2, -0.15) is 0 Å². The number of esters is 1. The number of methoxy groups -OCH3 is 1. The van der Waals surface area contributed by atoms with Crippen LogP contribution in [0, 0.1) is 6.92 Å². The summed E-state index contributed by atoms with van der Waals surface area (Å²) in [4.78, 5) is 25.2. The van der Waals surface area contributed by atoms with E-state index in [1.807, 2.05) is 0 Å². The van der Waals surface area contributed by atoms with Crippen molar-refractivity contribution < 1.29 is 27.5 Å². The van der Waals surface area contributed by atoms with Crippen LogP contribution in [0.2, 0.25) is 0 Å². The second kappa shape index (κ2) is 10.1. The van der Waals surface area contributed by atoms with Crippen molar-refractivity contribution in [1.29, 1.82) is 0 Å². The number of nitrogens with one attached hydrogen (secondary N) is 1. The van der Waals surface area contributed by atoms with Crippen molar-refractivity contribution in [2.24, 2.45) is 0 Å². The summed E-state index contributed by atoms with van der Waals surface area (Å²) in [5.74, 6) is -0.330. The fourth-order valence-electron chi connectivity index (χ4n) is 3.01. The summed E-state index contributed by atoms with van der Waals surface area (Å²) in [6.45, 7) is 3.72. The summed E-state index contributed by atoms with van der Waals surface area (Å²) in [5.41, 5.74) is 1.31. The van der Waals surface area contributed by atoms with Crippen LogP contribution in [0.3, 0.4) is 0 Å². The number of nitrogens with zero attached hydrogens (tertiary/aromatic N) is 1. The SMILES string of the molecule is CCOC(=O)c1sc(NC(=O)c2cccc(S(=O)(=O)N(C)c3ccc(OC)cc3)c2)cc1C. The van der Waals surface area contributed by atoms with Crippen LogP contribution in [-0.4, -0.2) is 41.1 Å². The highest BCUT2D eigenvalue weighted by Gasteiger charge is 2.23. The molecule has 0 fully saturated rings. The zero-order chi connectivity index (χ0) is 24.2. The molecule has 0 aliphatic carbocycles. The van der Waals surface area contributed by atoms with Crippen LogP contribution in [0.4, 0.5) is 10.7 Å². The third-order valence-electron chi connectivity index (χ3n) is 4.81. The molecular weight excluding hydrogens is 464 g/mol. The molecule has 0 atom stereocenters. The first-order chi connectivity index (χ1) is 15.7. The lowest BCUT2D eigenvalue weighted by atomic mass is 10.2. The Morgan fingerprint density at radius 1 is 1.09 bits per heavy atom. The van der Waals surface area contributed by atoms with Crippen LogP contribution < -0.4 is 14.4 Å². The molecule has 0 saturated heterocycles. The van der Waals surface area contributed by atoms with Gasteiger partial charge in [-0.05, 0) is 67.9 Å². The molecule has 0 aliphatic heterocycles. The van der Waals surface area contributed by atoms with E-state index in [2.05, 4.69) is 5.32 Å². The summed E-state index contributed by atoms with van der Waals surface area (Å²) in [7, 11) is -0.938. The standard InChI is InChI=1S/C23H24N2O6S2/c1-5-31-23(27)21-15(2)13-20(32-21)24-22(26)16-7-6-8-19(14-16)33(28,29)25(3)17-9-11-18(30-4)12-10-17/h6-14H,5H2,1-4H3,(H,24,26). The Morgan fingerprint density at radius 3 is 2.42 bits per heavy atom. The van der Waals surface area contributed by atoms with Crippen molar-refractivity contribution in [3.05, 3.63) is 70.6 Å². The van der Waals surface area contributed by atoms with Gasteiger partial charge in [0.05, 0.1) is 29.3 Å². The fourth-order valence-corrected chi connectivity index (χ4v) is 5.22. The summed E-state index contributed by atoms with van der Waals surface area (Å²) in [6.07, 6.45) is 0. The maximum absolute atomic E-state index is 13.1. The highest BCUT2D eigenvalue weighted by Crippen LogP contribution is 2.29. The maximum atomic E-state index is 13.1. The van der Waals surface area contributed by atoms with Gasteiger partial charge in [-0.1, -0.05) is 6.07 Å². The quantitative estimate of drug-likeness (QED) is 0.474. The fraction of sp³-hybridized carbons (Fsp3) is 0.217. The van der Waals surface area contributed by atoms with Gasteiger partial charge in [-0.15, -0.1) is 11.3 Å². The minimum Gasteiger partial charge on any atom is -0.497 e. The smallest absolute Gasteiger partial charge is 0.348 e. The molecule has 0 spiro atoms. The van der Waals surface area contributed by atoms with Gasteiger partial charge in [0.15, 0.2) is 0 Å². The second-order valence-corrected chi connectivity index (χ2v) is 10.0. The average molecular weight is 489 g/mol. The van der Waals surface area contributed by atoms with Crippen molar-refractivity contribution in [3.63, 3.8) is 0 Å². The third kappa shape index (κ3) is 5.35. The molecule has 1 aromatic heterocycles. The van der Waals surface area contributed by atoms with Crippen molar-refractivity contribution in [2.75, 3.05) is 30.4 Å². The van der Waals surface area contributed by atoms with E-state index in [-0.39, 0.29) is 17.1 Å². The van der Waals surface area contributed by atoms with E-state index in [1.54, 1.807) is 44.2 Å². The van der Waals surface area contributed by atoms with E-state index in [0.717, 1.165) is 15.6 Å². The monoisotopic (exact) mass is 488 g/mol. The van der Waals surface area contributed by atoms with Gasteiger partial charge in [0.1, 0.15) is 10.6 Å². The third-order valence-corrected chi connectivity index (χ3v) is 7.72. The van der Waals surface area contributed by atoms with Gasteiger partial charge in [-0.25, -0.2) is 13.2 Å². The first-order valence-electron chi connectivity index (χ1n) is 9.99. The van der Waals surface area contributed by atoms with Crippen LogP contribution in [0.25, 0.3) is 0 Å². The van der Waals surface area contributed by atoms with Crippen molar-refractivity contribution in [3.8, 4) is 5.75 Å². The maximum Gasteiger partial charge on any atom is 0.348 e. The van der Waals surface area contributed by atoms with E-state index >= 15 is 0 Å². The Labute approximate surface area is 196 Å². The van der Waals surface area contributed by atoms with E-state index in [4.69, 9.17) is 9.47 Å². The van der Waals surface area contributed by atoms with Crippen LogP contribution in [-0.2, 0) is 14.8 Å². The number of carbonyl (C=O) groups is 2. The number of anilines is 2. The second-order valence-electron chi connectivity index (χ2n) is 7.00. The van der Waals surface area contributed by atoms with Gasteiger partial charge in [0, 0.05) is 12.6 Å². The number of amides is 1. The molecular formula is C23H24N2O6S2. The molecule has 3 rings (SSSR count). The Bertz CT molecular complexity index is 1270. The van der Waals surface area contributed by atoms with Crippen LogP contribution >= 0.6 is 11.3 Å². The lowest BCUT2D eigenvalue weighted by Gasteiger charge is -2.20. The van der Waals surface area contributed by atoms with Gasteiger partial charge < -0.3 is 14.8 Å². The van der Waals surface area contributed by atoms with Crippen LogP contribution in [0.5, 0.6) is 5.75 Å². The Kier molecular flexibility index (Phi) is 7.39. The molecule has 2 aromatic carbocycles. The molecule has 33 heavy (non-hydrogen) atoms. The molecule has 1 heterocycles. The number of carbonyl (C=O) groups excluding carboxylic acids is 2. The molecule has 0 radical (unpaired) electrons. The van der Waals surface area contributed by atoms with Gasteiger partial charge in [0.25, 0.3) is 15.9 Å². The summed E-state index contributed by atoms with van der Waals surface area (Å²) < 4.78 is 37.5. The van der Waals surface area contributed by atoms with E-state index < -0.39 is 21.9 Å². The van der Waals surface area contributed by atoms with E-state index in [0.29, 0.717) is 26.9 Å². The number of hydrogen-bond acceptors (Lipinski definition) is 7. The number of ether oxygens (including phenoxy) is 2. The molecule has 8 nitrogen and oxygen atoms in total. The number of thiophene rings is 1. The van der Waals surface area contributed by atoms with E-state index in [1.165, 1.54) is 38.4 Å². The Hall–Kier alpha value is -3.37. The number of benzene rings is 2. The van der Waals surface area contributed by atoms with Gasteiger partial charge in [0.2, 0.25) is 0 Å². The zero-order valence-electron chi connectivity index (χ0n) is 18.6. The summed E-state index contributed by atoms with van der Waals surface area (Å²) >= 11 is 1.10. The number of sulfonamides is 1. The molecule has 3 aromatic rings. The first-order valence-corrected chi connectivity index (χ1v) is 12.2. The minimum atomic E-state index is -3.91. The predicted octanol–water partition coefficient (Wildman–Crippen LogP) is 4.32. The lowest BCUT2D eigenvalue weighted by molar-refractivity contribution is 0.0531. The van der Waals surface area contributed by atoms with E-state index in [9.17, 15) is 18.0 Å². The van der Waals surface area contributed by atoms with Crippen molar-refractivity contribution >= 4 is 43.9 Å². The van der Waals surface area contributed by atoms with Crippen LogP contribution in [0.15, 0.2) is 59.5 Å². The predicted molar refractivity (Wildman–Crippen MR) is 128 cm³/mol. The molecule has 10 heteroatoms. The average Bonchev–Trinajstić information content (AvgIpc) is 3.18. The van der Waals surface area contributed by atoms with Crippen LogP contribution in [0.1, 0.15) is 32.5 Å². The lowest BCUT2D eigenvalue weighted by Crippen LogP contribution is -2.26. The topological polar surface area (TPSA) is 102 Å². The van der Waals surface area contributed by atoms with Crippen molar-refractivity contribution in [1.82, 2.24) is 0 Å². The normalized spacial score (nSPS) is 11.0.